The van der Waals surface area contributed by atoms with E-state index < -0.39 is 5.97 Å². The molecule has 1 saturated carbocycles. The number of carboxylic acid groups (broad SMARTS) is 1. The van der Waals surface area contributed by atoms with Gasteiger partial charge in [-0.05, 0) is 43.7 Å². The highest BCUT2D eigenvalue weighted by Crippen LogP contribution is 2.48. The van der Waals surface area contributed by atoms with Gasteiger partial charge in [0.15, 0.2) is 0 Å². The molecule has 1 aliphatic carbocycles. The molecule has 94 valence electrons. The number of carboxylic acids is 1. The lowest BCUT2D eigenvalue weighted by molar-refractivity contribution is 0.0659. The fraction of sp³-hybridized carbons (Fsp3) is 0.615. The molecule has 2 rings (SSSR count). The van der Waals surface area contributed by atoms with Gasteiger partial charge in [0, 0.05) is 6.54 Å². The topological polar surface area (TPSA) is 62.5 Å². The molecule has 2 N–H and O–H groups in total. The lowest BCUT2D eigenvalue weighted by Gasteiger charge is -2.17. The maximum absolute atomic E-state index is 10.7. The van der Waals surface area contributed by atoms with Crippen LogP contribution in [0.3, 0.4) is 0 Å². The Bertz CT molecular complexity index is 407. The summed E-state index contributed by atoms with van der Waals surface area (Å²) in [6, 6.07) is 3.29. The lowest BCUT2D eigenvalue weighted by atomic mass is 10.0. The number of hydrogen-bond acceptors (Lipinski definition) is 3. The molecule has 0 amide bonds. The standard InChI is InChI=1S/C13H19NO3/c1-3-13(6-7-13)8-14-9(2)10-4-5-11(17-10)12(15)16/h4-5,9,14H,3,6-8H2,1-2H3,(H,15,16). The Hall–Kier alpha value is -1.29. The summed E-state index contributed by atoms with van der Waals surface area (Å²) in [5.41, 5.74) is 0.483. The van der Waals surface area contributed by atoms with Gasteiger partial charge in [0.05, 0.1) is 6.04 Å². The first-order valence-corrected chi connectivity index (χ1v) is 6.13. The molecule has 0 radical (unpaired) electrons. The lowest BCUT2D eigenvalue weighted by Crippen LogP contribution is -2.26. The molecule has 1 atom stereocenters. The minimum absolute atomic E-state index is 0.00489. The molecule has 4 heteroatoms. The molecule has 1 fully saturated rings. The maximum atomic E-state index is 10.7. The molecule has 0 spiro atoms. The minimum atomic E-state index is -1.02. The summed E-state index contributed by atoms with van der Waals surface area (Å²) < 4.78 is 5.26. The van der Waals surface area contributed by atoms with Crippen LogP contribution in [0, 0.1) is 5.41 Å². The molecule has 1 heterocycles. The minimum Gasteiger partial charge on any atom is -0.475 e. The van der Waals surface area contributed by atoms with Crippen molar-refractivity contribution in [3.05, 3.63) is 23.7 Å². The van der Waals surface area contributed by atoms with Crippen molar-refractivity contribution in [2.75, 3.05) is 6.54 Å². The molecular weight excluding hydrogens is 218 g/mol. The molecule has 1 aromatic heterocycles. The first-order chi connectivity index (χ1) is 8.06. The van der Waals surface area contributed by atoms with Crippen LogP contribution in [0.4, 0.5) is 0 Å². The van der Waals surface area contributed by atoms with E-state index in [1.165, 1.54) is 25.3 Å². The normalized spacial score (nSPS) is 18.9. The Morgan fingerprint density at radius 1 is 1.59 bits per heavy atom. The number of hydrogen-bond donors (Lipinski definition) is 2. The summed E-state index contributed by atoms with van der Waals surface area (Å²) in [5.74, 6) is -0.324. The fourth-order valence-electron chi connectivity index (χ4n) is 2.00. The van der Waals surface area contributed by atoms with Crippen molar-refractivity contribution in [3.8, 4) is 0 Å². The summed E-state index contributed by atoms with van der Waals surface area (Å²) in [6.45, 7) is 5.19. The van der Waals surface area contributed by atoms with Crippen molar-refractivity contribution < 1.29 is 14.3 Å². The largest absolute Gasteiger partial charge is 0.475 e. The van der Waals surface area contributed by atoms with E-state index in [0.717, 1.165) is 6.54 Å². The van der Waals surface area contributed by atoms with Crippen LogP contribution in [0.25, 0.3) is 0 Å². The van der Waals surface area contributed by atoms with Crippen LogP contribution in [0.15, 0.2) is 16.5 Å². The monoisotopic (exact) mass is 237 g/mol. The molecule has 1 aliphatic rings. The van der Waals surface area contributed by atoms with Gasteiger partial charge >= 0.3 is 5.97 Å². The second kappa shape index (κ2) is 4.53. The van der Waals surface area contributed by atoms with E-state index in [4.69, 9.17) is 9.52 Å². The van der Waals surface area contributed by atoms with E-state index in [0.29, 0.717) is 11.2 Å². The summed E-state index contributed by atoms with van der Waals surface area (Å²) in [5, 5.41) is 12.2. The molecule has 0 aromatic carbocycles. The first-order valence-electron chi connectivity index (χ1n) is 6.13. The van der Waals surface area contributed by atoms with Crippen molar-refractivity contribution in [2.45, 2.75) is 39.2 Å². The fourth-order valence-corrected chi connectivity index (χ4v) is 2.00. The molecule has 0 saturated heterocycles. The predicted octanol–water partition coefficient (Wildman–Crippen LogP) is 2.82. The number of furan rings is 1. The average molecular weight is 237 g/mol. The van der Waals surface area contributed by atoms with Crippen molar-refractivity contribution in [1.82, 2.24) is 5.32 Å². The maximum Gasteiger partial charge on any atom is 0.371 e. The predicted molar refractivity (Wildman–Crippen MR) is 64.0 cm³/mol. The Kier molecular flexibility index (Phi) is 3.24. The third kappa shape index (κ3) is 2.69. The van der Waals surface area contributed by atoms with E-state index >= 15 is 0 Å². The van der Waals surface area contributed by atoms with Crippen LogP contribution in [-0.4, -0.2) is 17.6 Å². The van der Waals surface area contributed by atoms with Gasteiger partial charge in [0.1, 0.15) is 5.76 Å². The third-order valence-corrected chi connectivity index (χ3v) is 3.75. The Balaban J connectivity index is 1.90. The highest BCUT2D eigenvalue weighted by Gasteiger charge is 2.40. The molecule has 1 aromatic rings. The van der Waals surface area contributed by atoms with Crippen LogP contribution >= 0.6 is 0 Å². The molecule has 1 unspecified atom stereocenters. The van der Waals surface area contributed by atoms with E-state index in [1.807, 2.05) is 6.92 Å². The van der Waals surface area contributed by atoms with E-state index in [2.05, 4.69) is 12.2 Å². The van der Waals surface area contributed by atoms with Crippen LogP contribution in [0.5, 0.6) is 0 Å². The summed E-state index contributed by atoms with van der Waals surface area (Å²) >= 11 is 0. The zero-order valence-corrected chi connectivity index (χ0v) is 10.3. The van der Waals surface area contributed by atoms with Gasteiger partial charge in [0.2, 0.25) is 5.76 Å². The Labute approximate surface area is 101 Å². The van der Waals surface area contributed by atoms with Crippen LogP contribution < -0.4 is 5.32 Å². The SMILES string of the molecule is CCC1(CNC(C)c2ccc(C(=O)O)o2)CC1. The summed E-state index contributed by atoms with van der Waals surface area (Å²) in [4.78, 5) is 10.7. The molecule has 0 bridgehead atoms. The van der Waals surface area contributed by atoms with Gasteiger partial charge in [-0.1, -0.05) is 6.92 Å². The van der Waals surface area contributed by atoms with Gasteiger partial charge in [-0.25, -0.2) is 4.79 Å². The van der Waals surface area contributed by atoms with Crippen LogP contribution in [-0.2, 0) is 0 Å². The first kappa shape index (κ1) is 12.2. The highest BCUT2D eigenvalue weighted by molar-refractivity contribution is 5.84. The number of nitrogens with one attached hydrogen (secondary N) is 1. The summed E-state index contributed by atoms with van der Waals surface area (Å²) in [7, 11) is 0. The number of aromatic carboxylic acids is 1. The zero-order chi connectivity index (χ0) is 12.5. The second-order valence-electron chi connectivity index (χ2n) is 4.96. The number of carbonyl (C=O) groups is 1. The van der Waals surface area contributed by atoms with E-state index in [1.54, 1.807) is 6.07 Å². The van der Waals surface area contributed by atoms with Crippen molar-refractivity contribution in [1.29, 1.82) is 0 Å². The van der Waals surface area contributed by atoms with E-state index in [-0.39, 0.29) is 11.8 Å². The van der Waals surface area contributed by atoms with E-state index in [9.17, 15) is 4.79 Å². The Morgan fingerprint density at radius 3 is 2.76 bits per heavy atom. The molecule has 17 heavy (non-hydrogen) atoms. The molecule has 0 aliphatic heterocycles. The molecular formula is C13H19NO3. The third-order valence-electron chi connectivity index (χ3n) is 3.75. The van der Waals surface area contributed by atoms with Crippen LogP contribution in [0.2, 0.25) is 0 Å². The van der Waals surface area contributed by atoms with Crippen molar-refractivity contribution >= 4 is 5.97 Å². The van der Waals surface area contributed by atoms with Crippen molar-refractivity contribution in [3.63, 3.8) is 0 Å². The number of rotatable bonds is 6. The molecule has 4 nitrogen and oxygen atoms in total. The van der Waals surface area contributed by atoms with Crippen molar-refractivity contribution in [2.24, 2.45) is 5.41 Å². The average Bonchev–Trinajstić information content (AvgIpc) is 2.92. The Morgan fingerprint density at radius 2 is 2.29 bits per heavy atom. The second-order valence-corrected chi connectivity index (χ2v) is 4.96. The zero-order valence-electron chi connectivity index (χ0n) is 10.3. The van der Waals surface area contributed by atoms with Gasteiger partial charge in [-0.2, -0.15) is 0 Å². The summed E-state index contributed by atoms with van der Waals surface area (Å²) in [6.07, 6.45) is 3.79. The highest BCUT2D eigenvalue weighted by atomic mass is 16.4. The smallest absolute Gasteiger partial charge is 0.371 e. The van der Waals surface area contributed by atoms with Crippen LogP contribution in [0.1, 0.15) is 55.5 Å². The van der Waals surface area contributed by atoms with Gasteiger partial charge < -0.3 is 14.8 Å². The van der Waals surface area contributed by atoms with Gasteiger partial charge in [0.25, 0.3) is 0 Å². The quantitative estimate of drug-likeness (QED) is 0.798. The van der Waals surface area contributed by atoms with Gasteiger partial charge in [-0.15, -0.1) is 0 Å². The van der Waals surface area contributed by atoms with Gasteiger partial charge in [-0.3, -0.25) is 0 Å².